The zero-order valence-electron chi connectivity index (χ0n) is 9.05. The van der Waals surface area contributed by atoms with Crippen LogP contribution < -0.4 is 4.91 Å². The molecule has 5 atom stereocenters. The first-order valence-electron chi connectivity index (χ1n) is 4.87. The summed E-state index contributed by atoms with van der Waals surface area (Å²) in [5.41, 5.74) is 6.52. The summed E-state index contributed by atoms with van der Waals surface area (Å²) in [4.78, 5) is 13.3. The predicted octanol–water partition coefficient (Wildman–Crippen LogP) is -2.09. The Morgan fingerprint density at radius 1 is 1.41 bits per heavy atom. The van der Waals surface area contributed by atoms with Crippen LogP contribution in [0.1, 0.15) is 6.92 Å². The van der Waals surface area contributed by atoms with E-state index in [0.717, 1.165) is 0 Å². The van der Waals surface area contributed by atoms with Crippen molar-refractivity contribution in [3.8, 4) is 0 Å². The van der Waals surface area contributed by atoms with Crippen LogP contribution in [0.4, 0.5) is 0 Å². The summed E-state index contributed by atoms with van der Waals surface area (Å²) in [6.45, 7) is 0.895. The van der Waals surface area contributed by atoms with E-state index in [2.05, 4.69) is 14.8 Å². The van der Waals surface area contributed by atoms with E-state index >= 15 is 0 Å². The van der Waals surface area contributed by atoms with E-state index in [1.54, 1.807) is 0 Å². The van der Waals surface area contributed by atoms with E-state index in [1.807, 2.05) is 0 Å². The molecule has 0 aromatic heterocycles. The van der Waals surface area contributed by atoms with Crippen LogP contribution in [-0.4, -0.2) is 58.5 Å². The van der Waals surface area contributed by atoms with Gasteiger partial charge in [-0.15, -0.1) is 0 Å². The van der Waals surface area contributed by atoms with E-state index in [1.165, 1.54) is 6.92 Å². The lowest BCUT2D eigenvalue weighted by molar-refractivity contribution is -0.231. The Labute approximate surface area is 96.2 Å². The van der Waals surface area contributed by atoms with Crippen LogP contribution in [0, 0.1) is 5.53 Å². The lowest BCUT2D eigenvalue weighted by atomic mass is 9.99. The molecule has 0 spiro atoms. The van der Waals surface area contributed by atoms with Gasteiger partial charge in [0.2, 0.25) is 4.91 Å². The third-order valence-corrected chi connectivity index (χ3v) is 2.31. The number of aliphatic hydroxyl groups is 3. The highest BCUT2D eigenvalue weighted by atomic mass is 16.6. The van der Waals surface area contributed by atoms with Crippen molar-refractivity contribution in [3.05, 3.63) is 0 Å². The molecule has 0 aliphatic carbocycles. The average Bonchev–Trinajstić information content (AvgIpc) is 2.28. The molecule has 0 radical (unpaired) electrons. The molecule has 17 heavy (non-hydrogen) atoms. The Bertz CT molecular complexity index is 331. The SMILES string of the molecule is CC(=O)OCC1OC(N=[N+]=N)C(O)C(O)C1O. The first-order valence-corrected chi connectivity index (χ1v) is 4.87. The Hall–Kier alpha value is -1.38. The normalized spacial score (nSPS) is 37.1. The third kappa shape index (κ3) is 3.29. The second kappa shape index (κ2) is 5.80. The number of ether oxygens (including phenoxy) is 2. The van der Waals surface area contributed by atoms with Crippen molar-refractivity contribution in [2.24, 2.45) is 5.11 Å². The number of carbonyl (C=O) groups is 1. The van der Waals surface area contributed by atoms with Gasteiger partial charge < -0.3 is 24.8 Å². The van der Waals surface area contributed by atoms with Gasteiger partial charge in [0.1, 0.15) is 36.6 Å². The fourth-order valence-corrected chi connectivity index (χ4v) is 1.42. The first-order chi connectivity index (χ1) is 7.97. The summed E-state index contributed by atoms with van der Waals surface area (Å²) in [5, 5.41) is 31.7. The van der Waals surface area contributed by atoms with Gasteiger partial charge in [-0.05, 0) is 0 Å². The number of hydrogen-bond acceptors (Lipinski definition) is 8. The minimum Gasteiger partial charge on any atom is -0.463 e. The molecule has 1 aliphatic heterocycles. The summed E-state index contributed by atoms with van der Waals surface area (Å²) in [6.07, 6.45) is -6.73. The minimum absolute atomic E-state index is 0.287. The summed E-state index contributed by atoms with van der Waals surface area (Å²) in [6, 6.07) is 0. The fraction of sp³-hybridized carbons (Fsp3) is 0.875. The van der Waals surface area contributed by atoms with Crippen LogP contribution in [0.2, 0.25) is 0 Å². The van der Waals surface area contributed by atoms with Crippen molar-refractivity contribution in [3.63, 3.8) is 0 Å². The molecule has 1 aliphatic rings. The quantitative estimate of drug-likeness (QED) is 0.256. The van der Waals surface area contributed by atoms with Crippen LogP contribution in [0.5, 0.6) is 0 Å². The number of hydrogen-bond donors (Lipinski definition) is 4. The number of rotatable bonds is 3. The van der Waals surface area contributed by atoms with Crippen molar-refractivity contribution >= 4 is 5.97 Å². The van der Waals surface area contributed by atoms with Gasteiger partial charge in [-0.1, -0.05) is 0 Å². The smallest absolute Gasteiger partial charge is 0.302 e. The van der Waals surface area contributed by atoms with Crippen LogP contribution in [-0.2, 0) is 14.3 Å². The first kappa shape index (κ1) is 13.7. The van der Waals surface area contributed by atoms with E-state index in [-0.39, 0.29) is 6.61 Å². The standard InChI is InChI=1S/C8H14N3O6/c1-3(12)16-2-4-5(13)6(14)7(15)8(17-4)10-11-9/h4-9,13-15H,2H2,1H3/q+1. The highest BCUT2D eigenvalue weighted by molar-refractivity contribution is 5.65. The van der Waals surface area contributed by atoms with Gasteiger partial charge in [0.25, 0.3) is 6.23 Å². The maximum Gasteiger partial charge on any atom is 0.302 e. The second-order valence-electron chi connectivity index (χ2n) is 3.55. The van der Waals surface area contributed by atoms with Gasteiger partial charge in [0.05, 0.1) is 0 Å². The van der Waals surface area contributed by atoms with Crippen molar-refractivity contribution < 1.29 is 29.6 Å². The van der Waals surface area contributed by atoms with Crippen molar-refractivity contribution in [1.29, 1.82) is 5.53 Å². The predicted molar refractivity (Wildman–Crippen MR) is 50.6 cm³/mol. The van der Waals surface area contributed by atoms with Gasteiger partial charge in [0.15, 0.2) is 5.11 Å². The highest BCUT2D eigenvalue weighted by Crippen LogP contribution is 2.21. The molecule has 0 saturated carbocycles. The zero-order valence-corrected chi connectivity index (χ0v) is 9.05. The highest BCUT2D eigenvalue weighted by Gasteiger charge is 2.46. The summed E-state index contributed by atoms with van der Waals surface area (Å²) < 4.78 is 9.68. The van der Waals surface area contributed by atoms with Gasteiger partial charge >= 0.3 is 5.97 Å². The maximum absolute atomic E-state index is 10.6. The number of carbonyl (C=O) groups excluding carboxylic acids is 1. The largest absolute Gasteiger partial charge is 0.463 e. The molecular formula is C8H14N3O6+. The zero-order chi connectivity index (χ0) is 13.0. The van der Waals surface area contributed by atoms with E-state index < -0.39 is 36.6 Å². The van der Waals surface area contributed by atoms with E-state index in [4.69, 9.17) is 10.3 Å². The van der Waals surface area contributed by atoms with E-state index in [0.29, 0.717) is 0 Å². The van der Waals surface area contributed by atoms with Gasteiger partial charge in [-0.3, -0.25) is 4.79 Å². The number of nitrogens with one attached hydrogen (secondary N) is 1. The van der Waals surface area contributed by atoms with Crippen LogP contribution >= 0.6 is 0 Å². The van der Waals surface area contributed by atoms with Crippen molar-refractivity contribution in [2.75, 3.05) is 6.61 Å². The Morgan fingerprint density at radius 2 is 2.06 bits per heavy atom. The topological polar surface area (TPSA) is 147 Å². The Kier molecular flexibility index (Phi) is 4.67. The molecule has 9 nitrogen and oxygen atoms in total. The second-order valence-corrected chi connectivity index (χ2v) is 3.55. The maximum atomic E-state index is 10.6. The average molecular weight is 248 g/mol. The molecular weight excluding hydrogens is 234 g/mol. The summed E-state index contributed by atoms with van der Waals surface area (Å²) in [7, 11) is 0. The molecule has 5 unspecified atom stereocenters. The number of aliphatic hydroxyl groups excluding tert-OH is 3. The van der Waals surface area contributed by atoms with Crippen molar-refractivity contribution in [1.82, 2.24) is 4.91 Å². The summed E-state index contributed by atoms with van der Waals surface area (Å²) in [5.74, 6) is -0.569. The number of nitrogens with zero attached hydrogens (tertiary/aromatic N) is 2. The lowest BCUT2D eigenvalue weighted by Gasteiger charge is -2.36. The fourth-order valence-electron chi connectivity index (χ4n) is 1.42. The molecule has 96 valence electrons. The molecule has 1 rings (SSSR count). The van der Waals surface area contributed by atoms with Crippen LogP contribution in [0.15, 0.2) is 5.11 Å². The molecule has 1 heterocycles. The Morgan fingerprint density at radius 3 is 2.59 bits per heavy atom. The van der Waals surface area contributed by atoms with Gasteiger partial charge in [-0.25, -0.2) is 0 Å². The van der Waals surface area contributed by atoms with Gasteiger partial charge in [0, 0.05) is 6.92 Å². The summed E-state index contributed by atoms with van der Waals surface area (Å²) >= 11 is 0. The lowest BCUT2D eigenvalue weighted by Crippen LogP contribution is -2.58. The molecule has 0 aromatic carbocycles. The van der Waals surface area contributed by atoms with Gasteiger partial charge in [-0.2, -0.15) is 0 Å². The third-order valence-electron chi connectivity index (χ3n) is 2.31. The molecule has 1 fully saturated rings. The minimum atomic E-state index is -1.51. The van der Waals surface area contributed by atoms with Crippen molar-refractivity contribution in [2.45, 2.75) is 37.6 Å². The molecule has 0 amide bonds. The molecule has 1 saturated heterocycles. The van der Waals surface area contributed by atoms with Crippen LogP contribution in [0.25, 0.3) is 0 Å². The molecule has 0 aromatic rings. The van der Waals surface area contributed by atoms with Crippen LogP contribution in [0.3, 0.4) is 0 Å². The molecule has 4 N–H and O–H groups in total. The molecule has 9 heteroatoms. The number of esters is 1. The monoisotopic (exact) mass is 248 g/mol. The molecule has 0 bridgehead atoms. The van der Waals surface area contributed by atoms with E-state index in [9.17, 15) is 20.1 Å². The Balaban J connectivity index is 2.70.